The molecule has 0 saturated heterocycles. The second-order valence-corrected chi connectivity index (χ2v) is 8.38. The van der Waals surface area contributed by atoms with Crippen LogP contribution in [0.15, 0.2) is 41.3 Å². The summed E-state index contributed by atoms with van der Waals surface area (Å²) in [5.41, 5.74) is 1.19. The SMILES string of the molecule is CCN(CC(=O)NCc1ccc(F)cc1)S(=O)(=O)c1cc([N+](=O)[O-])cc(C)c1C. The molecule has 2 aromatic rings. The maximum absolute atomic E-state index is 13.0. The first-order valence-corrected chi connectivity index (χ1v) is 10.3. The maximum Gasteiger partial charge on any atom is 0.271 e. The van der Waals surface area contributed by atoms with E-state index in [1.54, 1.807) is 20.8 Å². The highest BCUT2D eigenvalue weighted by Crippen LogP contribution is 2.27. The number of amides is 1. The molecule has 2 rings (SSSR count). The van der Waals surface area contributed by atoms with Crippen LogP contribution in [-0.4, -0.2) is 36.6 Å². The van der Waals surface area contributed by atoms with Crippen molar-refractivity contribution in [2.45, 2.75) is 32.2 Å². The lowest BCUT2D eigenvalue weighted by atomic mass is 10.1. The third-order valence-electron chi connectivity index (χ3n) is 4.51. The summed E-state index contributed by atoms with van der Waals surface area (Å²) in [5.74, 6) is -0.939. The van der Waals surface area contributed by atoms with Crippen LogP contribution >= 0.6 is 0 Å². The van der Waals surface area contributed by atoms with Crippen molar-refractivity contribution in [2.24, 2.45) is 0 Å². The third kappa shape index (κ3) is 5.36. The molecule has 29 heavy (non-hydrogen) atoms. The number of nitrogens with zero attached hydrogens (tertiary/aromatic N) is 2. The Bertz CT molecular complexity index is 1020. The fourth-order valence-corrected chi connectivity index (χ4v) is 4.43. The van der Waals surface area contributed by atoms with Crippen LogP contribution in [0.5, 0.6) is 0 Å². The fraction of sp³-hybridized carbons (Fsp3) is 0.316. The lowest BCUT2D eigenvalue weighted by Crippen LogP contribution is -2.40. The number of nitrogens with one attached hydrogen (secondary N) is 1. The quantitative estimate of drug-likeness (QED) is 0.519. The van der Waals surface area contributed by atoms with Gasteiger partial charge in [-0.15, -0.1) is 0 Å². The van der Waals surface area contributed by atoms with Crippen LogP contribution < -0.4 is 5.32 Å². The smallest absolute Gasteiger partial charge is 0.271 e. The van der Waals surface area contributed by atoms with Crippen LogP contribution in [0.1, 0.15) is 23.6 Å². The normalized spacial score (nSPS) is 11.5. The number of sulfonamides is 1. The molecule has 0 aliphatic rings. The van der Waals surface area contributed by atoms with E-state index >= 15 is 0 Å². The van der Waals surface area contributed by atoms with Gasteiger partial charge in [-0.2, -0.15) is 4.31 Å². The van der Waals surface area contributed by atoms with Crippen molar-refractivity contribution >= 4 is 21.6 Å². The van der Waals surface area contributed by atoms with Crippen molar-refractivity contribution in [3.05, 3.63) is 69.0 Å². The van der Waals surface area contributed by atoms with E-state index in [1.807, 2.05) is 0 Å². The molecule has 0 atom stereocenters. The molecule has 0 spiro atoms. The first-order chi connectivity index (χ1) is 13.6. The maximum atomic E-state index is 13.0. The van der Waals surface area contributed by atoms with Gasteiger partial charge in [0.05, 0.1) is 16.4 Å². The summed E-state index contributed by atoms with van der Waals surface area (Å²) in [6.07, 6.45) is 0. The molecule has 10 heteroatoms. The summed E-state index contributed by atoms with van der Waals surface area (Å²) in [6.45, 7) is 4.41. The van der Waals surface area contributed by atoms with Crippen LogP contribution in [0.3, 0.4) is 0 Å². The van der Waals surface area contributed by atoms with E-state index in [9.17, 15) is 27.7 Å². The van der Waals surface area contributed by atoms with E-state index in [4.69, 9.17) is 0 Å². The zero-order chi connectivity index (χ0) is 21.8. The Labute approximate surface area is 168 Å². The predicted octanol–water partition coefficient (Wildman–Crippen LogP) is 2.68. The molecule has 0 saturated carbocycles. The summed E-state index contributed by atoms with van der Waals surface area (Å²) in [4.78, 5) is 22.5. The molecule has 1 N–H and O–H groups in total. The standard InChI is InChI=1S/C19H22FN3O5S/c1-4-22(12-19(24)21-11-15-5-7-16(20)8-6-15)29(27,28)18-10-17(23(25)26)9-13(2)14(18)3/h5-10H,4,11-12H2,1-3H3,(H,21,24). The van der Waals surface area contributed by atoms with Crippen LogP contribution in [-0.2, 0) is 21.4 Å². The second kappa shape index (κ2) is 9.10. The molecule has 0 heterocycles. The Balaban J connectivity index is 2.20. The van der Waals surface area contributed by atoms with Crippen molar-refractivity contribution in [3.63, 3.8) is 0 Å². The van der Waals surface area contributed by atoms with Crippen LogP contribution in [0.2, 0.25) is 0 Å². The molecule has 8 nitrogen and oxygen atoms in total. The van der Waals surface area contributed by atoms with Crippen molar-refractivity contribution < 1.29 is 22.5 Å². The predicted molar refractivity (Wildman–Crippen MR) is 105 cm³/mol. The number of rotatable bonds is 8. The molecule has 0 fully saturated rings. The summed E-state index contributed by atoms with van der Waals surface area (Å²) in [6, 6.07) is 7.87. The van der Waals surface area contributed by atoms with E-state index in [0.29, 0.717) is 16.7 Å². The van der Waals surface area contributed by atoms with E-state index in [-0.39, 0.29) is 23.7 Å². The molecule has 1 amide bonds. The van der Waals surface area contributed by atoms with Crippen LogP contribution in [0.25, 0.3) is 0 Å². The number of halogens is 1. The van der Waals surface area contributed by atoms with E-state index < -0.39 is 33.2 Å². The van der Waals surface area contributed by atoms with Crippen molar-refractivity contribution in [3.8, 4) is 0 Å². The number of nitro benzene ring substituents is 1. The molecule has 0 radical (unpaired) electrons. The number of carbonyl (C=O) groups is 1. The van der Waals surface area contributed by atoms with Gasteiger partial charge in [0.15, 0.2) is 0 Å². The minimum atomic E-state index is -4.13. The summed E-state index contributed by atoms with van der Waals surface area (Å²) < 4.78 is 40.0. The van der Waals surface area contributed by atoms with E-state index in [1.165, 1.54) is 30.3 Å². The number of aryl methyl sites for hydroxylation is 1. The lowest BCUT2D eigenvalue weighted by molar-refractivity contribution is -0.385. The van der Waals surface area contributed by atoms with Gasteiger partial charge in [-0.25, -0.2) is 12.8 Å². The molecule has 156 valence electrons. The zero-order valence-corrected chi connectivity index (χ0v) is 17.1. The number of non-ortho nitro benzene ring substituents is 1. The summed E-state index contributed by atoms with van der Waals surface area (Å²) >= 11 is 0. The Hall–Kier alpha value is -2.85. The number of likely N-dealkylation sites (N-methyl/N-ethyl adjacent to an activating group) is 1. The first-order valence-electron chi connectivity index (χ1n) is 8.83. The Kier molecular flexibility index (Phi) is 7.04. The van der Waals surface area contributed by atoms with Gasteiger partial charge < -0.3 is 5.32 Å². The lowest BCUT2D eigenvalue weighted by Gasteiger charge is -2.21. The number of hydrogen-bond donors (Lipinski definition) is 1. The fourth-order valence-electron chi connectivity index (χ4n) is 2.71. The molecule has 2 aromatic carbocycles. The van der Waals surface area contributed by atoms with Gasteiger partial charge in [0, 0.05) is 25.2 Å². The number of carbonyl (C=O) groups excluding carboxylic acids is 1. The number of hydrogen-bond acceptors (Lipinski definition) is 5. The van der Waals surface area contributed by atoms with Crippen molar-refractivity contribution in [1.29, 1.82) is 0 Å². The van der Waals surface area contributed by atoms with Crippen LogP contribution in [0, 0.1) is 29.8 Å². The molecule has 0 unspecified atom stereocenters. The summed E-state index contributed by atoms with van der Waals surface area (Å²) in [5, 5.41) is 13.7. The zero-order valence-electron chi connectivity index (χ0n) is 16.3. The molecule has 0 aromatic heterocycles. The van der Waals surface area contributed by atoms with Crippen molar-refractivity contribution in [2.75, 3.05) is 13.1 Å². The largest absolute Gasteiger partial charge is 0.351 e. The molecular formula is C19H22FN3O5S. The van der Waals surface area contributed by atoms with Crippen molar-refractivity contribution in [1.82, 2.24) is 9.62 Å². The minimum Gasteiger partial charge on any atom is -0.351 e. The van der Waals surface area contributed by atoms with Gasteiger partial charge in [-0.3, -0.25) is 14.9 Å². The van der Waals surface area contributed by atoms with Crippen LogP contribution in [0.4, 0.5) is 10.1 Å². The Morgan fingerprint density at radius 1 is 1.21 bits per heavy atom. The average Bonchev–Trinajstić information content (AvgIpc) is 2.67. The highest BCUT2D eigenvalue weighted by molar-refractivity contribution is 7.89. The van der Waals surface area contributed by atoms with E-state index in [0.717, 1.165) is 10.4 Å². The first kappa shape index (κ1) is 22.4. The summed E-state index contributed by atoms with van der Waals surface area (Å²) in [7, 11) is -4.13. The molecule has 0 aliphatic carbocycles. The highest BCUT2D eigenvalue weighted by Gasteiger charge is 2.29. The topological polar surface area (TPSA) is 110 Å². The number of nitro groups is 1. The minimum absolute atomic E-state index is 0.00742. The molecule has 0 bridgehead atoms. The van der Waals surface area contributed by atoms with E-state index in [2.05, 4.69) is 5.32 Å². The Morgan fingerprint density at radius 3 is 2.38 bits per heavy atom. The molecular weight excluding hydrogens is 401 g/mol. The Morgan fingerprint density at radius 2 is 1.83 bits per heavy atom. The average molecular weight is 423 g/mol. The molecule has 0 aliphatic heterocycles. The van der Waals surface area contributed by atoms with Gasteiger partial charge in [-0.1, -0.05) is 19.1 Å². The van der Waals surface area contributed by atoms with Gasteiger partial charge in [0.1, 0.15) is 5.82 Å². The highest BCUT2D eigenvalue weighted by atomic mass is 32.2. The number of benzene rings is 2. The monoisotopic (exact) mass is 423 g/mol. The van der Waals surface area contributed by atoms with Gasteiger partial charge >= 0.3 is 0 Å². The second-order valence-electron chi connectivity index (χ2n) is 6.48. The van der Waals surface area contributed by atoms with Gasteiger partial charge in [0.25, 0.3) is 5.69 Å². The van der Waals surface area contributed by atoms with Gasteiger partial charge in [0.2, 0.25) is 15.9 Å². The van der Waals surface area contributed by atoms with Gasteiger partial charge in [-0.05, 0) is 42.7 Å². The third-order valence-corrected chi connectivity index (χ3v) is 6.56.